The third-order valence-electron chi connectivity index (χ3n) is 3.92. The fourth-order valence-electron chi connectivity index (χ4n) is 2.45. The van der Waals surface area contributed by atoms with Crippen molar-refractivity contribution in [1.29, 1.82) is 0 Å². The van der Waals surface area contributed by atoms with Crippen LogP contribution in [-0.4, -0.2) is 30.1 Å². The lowest BCUT2D eigenvalue weighted by molar-refractivity contribution is -0.137. The summed E-state index contributed by atoms with van der Waals surface area (Å²) in [6.07, 6.45) is 6.53. The normalized spacial score (nSPS) is 10.8. The summed E-state index contributed by atoms with van der Waals surface area (Å²) in [6.45, 7) is 0.595. The van der Waals surface area contributed by atoms with Gasteiger partial charge in [-0.05, 0) is 30.9 Å². The van der Waals surface area contributed by atoms with Gasteiger partial charge < -0.3 is 9.84 Å². The van der Waals surface area contributed by atoms with Crippen molar-refractivity contribution >= 4 is 17.8 Å². The maximum Gasteiger partial charge on any atom is 0.330 e. The fourth-order valence-corrected chi connectivity index (χ4v) is 2.45. The van der Waals surface area contributed by atoms with Crippen molar-refractivity contribution < 1.29 is 19.4 Å². The maximum absolute atomic E-state index is 12.3. The molecule has 26 heavy (non-hydrogen) atoms. The third kappa shape index (κ3) is 6.65. The highest BCUT2D eigenvalue weighted by Gasteiger charge is 2.07. The smallest absolute Gasteiger partial charge is 0.330 e. The second-order valence-electron chi connectivity index (χ2n) is 5.96. The summed E-state index contributed by atoms with van der Waals surface area (Å²) in [5.41, 5.74) is 2.09. The first-order chi connectivity index (χ1) is 12.7. The van der Waals surface area contributed by atoms with E-state index in [1.807, 2.05) is 18.2 Å². The monoisotopic (exact) mass is 352 g/mol. The number of carbonyl (C=O) groups excluding carboxylic acids is 2. The molecule has 0 aliphatic heterocycles. The zero-order valence-electron chi connectivity index (χ0n) is 14.8. The van der Waals surface area contributed by atoms with E-state index in [9.17, 15) is 9.59 Å². The lowest BCUT2D eigenvalue weighted by Crippen LogP contribution is -2.02. The van der Waals surface area contributed by atoms with Gasteiger partial charge >= 0.3 is 5.97 Å². The molecule has 4 heteroatoms. The van der Waals surface area contributed by atoms with Crippen LogP contribution in [-0.2, 0) is 9.53 Å². The van der Waals surface area contributed by atoms with E-state index in [0.717, 1.165) is 31.2 Å². The molecule has 0 amide bonds. The molecule has 0 spiro atoms. The summed E-state index contributed by atoms with van der Waals surface area (Å²) in [5.74, 6) is -0.404. The van der Waals surface area contributed by atoms with Crippen LogP contribution in [0.4, 0.5) is 0 Å². The Labute approximate surface area is 154 Å². The van der Waals surface area contributed by atoms with E-state index in [4.69, 9.17) is 9.84 Å². The molecular formula is C22H24O4. The van der Waals surface area contributed by atoms with Gasteiger partial charge in [0, 0.05) is 23.8 Å². The molecule has 2 rings (SSSR count). The van der Waals surface area contributed by atoms with E-state index < -0.39 is 0 Å². The number of hydrogen-bond acceptors (Lipinski definition) is 4. The average Bonchev–Trinajstić information content (AvgIpc) is 2.69. The highest BCUT2D eigenvalue weighted by atomic mass is 16.5. The van der Waals surface area contributed by atoms with Crippen LogP contribution in [0.3, 0.4) is 0 Å². The summed E-state index contributed by atoms with van der Waals surface area (Å²) in [6, 6.07) is 16.2. The number of unbranched alkanes of at least 4 members (excludes halogenated alkanes) is 3. The van der Waals surface area contributed by atoms with Gasteiger partial charge in [0.1, 0.15) is 0 Å². The van der Waals surface area contributed by atoms with Gasteiger partial charge in [-0.25, -0.2) is 4.79 Å². The average molecular weight is 352 g/mol. The summed E-state index contributed by atoms with van der Waals surface area (Å²) in [7, 11) is 0. The molecule has 2 aromatic carbocycles. The third-order valence-corrected chi connectivity index (χ3v) is 3.92. The first-order valence-electron chi connectivity index (χ1n) is 8.86. The summed E-state index contributed by atoms with van der Waals surface area (Å²) in [4.78, 5) is 24.0. The van der Waals surface area contributed by atoms with Crippen LogP contribution in [0.25, 0.3) is 6.08 Å². The van der Waals surface area contributed by atoms with Gasteiger partial charge in [0.25, 0.3) is 0 Å². The zero-order valence-corrected chi connectivity index (χ0v) is 14.8. The second kappa shape index (κ2) is 11.0. The van der Waals surface area contributed by atoms with Crippen molar-refractivity contribution in [2.45, 2.75) is 25.7 Å². The molecule has 0 atom stereocenters. The first-order valence-corrected chi connectivity index (χ1v) is 8.86. The van der Waals surface area contributed by atoms with Gasteiger partial charge in [0.05, 0.1) is 6.61 Å². The molecule has 0 radical (unpaired) electrons. The van der Waals surface area contributed by atoms with Crippen LogP contribution >= 0.6 is 0 Å². The number of aliphatic hydroxyl groups is 1. The fraction of sp³-hybridized carbons (Fsp3) is 0.273. The molecule has 136 valence electrons. The molecule has 4 nitrogen and oxygen atoms in total. The molecule has 0 unspecified atom stereocenters. The standard InChI is InChI=1S/C22H24O4/c23-16-6-1-2-7-17-26-21(24)15-12-18-10-13-20(14-11-18)22(25)19-8-4-3-5-9-19/h3-5,8-15,23H,1-2,6-7,16-17H2/b15-12+. The van der Waals surface area contributed by atoms with Gasteiger partial charge in [-0.15, -0.1) is 0 Å². The quantitative estimate of drug-likeness (QED) is 0.303. The van der Waals surface area contributed by atoms with Gasteiger partial charge in [-0.1, -0.05) is 61.0 Å². The van der Waals surface area contributed by atoms with E-state index in [0.29, 0.717) is 17.7 Å². The molecule has 0 aliphatic rings. The Bertz CT molecular complexity index is 718. The molecule has 0 aromatic heterocycles. The Morgan fingerprint density at radius 2 is 1.50 bits per heavy atom. The van der Waals surface area contributed by atoms with Crippen LogP contribution in [0.2, 0.25) is 0 Å². The number of carbonyl (C=O) groups is 2. The largest absolute Gasteiger partial charge is 0.463 e. The second-order valence-corrected chi connectivity index (χ2v) is 5.96. The van der Waals surface area contributed by atoms with E-state index in [1.54, 1.807) is 42.5 Å². The topological polar surface area (TPSA) is 63.6 Å². The minimum absolute atomic E-state index is 0.0262. The molecule has 0 heterocycles. The van der Waals surface area contributed by atoms with E-state index in [-0.39, 0.29) is 18.4 Å². The molecule has 1 N–H and O–H groups in total. The van der Waals surface area contributed by atoms with Crippen LogP contribution in [0, 0.1) is 0 Å². The Morgan fingerprint density at radius 3 is 2.19 bits per heavy atom. The summed E-state index contributed by atoms with van der Waals surface area (Å²) in [5, 5.41) is 8.68. The number of benzene rings is 2. The minimum Gasteiger partial charge on any atom is -0.463 e. The summed E-state index contributed by atoms with van der Waals surface area (Å²) < 4.78 is 5.12. The molecule has 0 saturated carbocycles. The molecule has 0 saturated heterocycles. The first kappa shape index (κ1) is 19.6. The Morgan fingerprint density at radius 1 is 0.846 bits per heavy atom. The number of aliphatic hydroxyl groups excluding tert-OH is 1. The van der Waals surface area contributed by atoms with Crippen molar-refractivity contribution in [1.82, 2.24) is 0 Å². The Kier molecular flexibility index (Phi) is 8.30. The van der Waals surface area contributed by atoms with E-state index in [2.05, 4.69) is 0 Å². The minimum atomic E-state index is -0.378. The summed E-state index contributed by atoms with van der Waals surface area (Å²) >= 11 is 0. The van der Waals surface area contributed by atoms with Gasteiger partial charge in [0.2, 0.25) is 0 Å². The Balaban J connectivity index is 1.80. The van der Waals surface area contributed by atoms with Crippen molar-refractivity contribution in [3.63, 3.8) is 0 Å². The SMILES string of the molecule is O=C(/C=C/c1ccc(C(=O)c2ccccc2)cc1)OCCCCCCO. The predicted molar refractivity (Wildman–Crippen MR) is 102 cm³/mol. The van der Waals surface area contributed by atoms with Crippen LogP contribution in [0.1, 0.15) is 47.2 Å². The number of ketones is 1. The van der Waals surface area contributed by atoms with Crippen LogP contribution in [0.15, 0.2) is 60.7 Å². The maximum atomic E-state index is 12.3. The molecule has 2 aromatic rings. The highest BCUT2D eigenvalue weighted by Crippen LogP contribution is 2.12. The van der Waals surface area contributed by atoms with Crippen molar-refractivity contribution in [2.75, 3.05) is 13.2 Å². The van der Waals surface area contributed by atoms with Crippen molar-refractivity contribution in [2.24, 2.45) is 0 Å². The molecular weight excluding hydrogens is 328 g/mol. The lowest BCUT2D eigenvalue weighted by atomic mass is 10.0. The van der Waals surface area contributed by atoms with Crippen LogP contribution in [0.5, 0.6) is 0 Å². The Hall–Kier alpha value is -2.72. The van der Waals surface area contributed by atoms with Gasteiger partial charge in [-0.3, -0.25) is 4.79 Å². The number of esters is 1. The van der Waals surface area contributed by atoms with Crippen molar-refractivity contribution in [3.05, 3.63) is 77.4 Å². The number of rotatable bonds is 10. The van der Waals surface area contributed by atoms with Crippen molar-refractivity contribution in [3.8, 4) is 0 Å². The highest BCUT2D eigenvalue weighted by molar-refractivity contribution is 6.09. The molecule has 0 bridgehead atoms. The van der Waals surface area contributed by atoms with Gasteiger partial charge in [-0.2, -0.15) is 0 Å². The zero-order chi connectivity index (χ0) is 18.6. The molecule has 0 aliphatic carbocycles. The number of ether oxygens (including phenoxy) is 1. The molecule has 0 fully saturated rings. The van der Waals surface area contributed by atoms with E-state index >= 15 is 0 Å². The van der Waals surface area contributed by atoms with Crippen LogP contribution < -0.4 is 0 Å². The lowest BCUT2D eigenvalue weighted by Gasteiger charge is -2.02. The number of hydrogen-bond donors (Lipinski definition) is 1. The predicted octanol–water partition coefficient (Wildman–Crippen LogP) is 4.03. The van der Waals surface area contributed by atoms with Gasteiger partial charge in [0.15, 0.2) is 5.78 Å². The van der Waals surface area contributed by atoms with E-state index in [1.165, 1.54) is 6.08 Å².